The molecule has 0 fully saturated rings. The van der Waals surface area contributed by atoms with E-state index in [4.69, 9.17) is 9.84 Å². The van der Waals surface area contributed by atoms with Crippen molar-refractivity contribution in [3.8, 4) is 0 Å². The van der Waals surface area contributed by atoms with Gasteiger partial charge in [0.25, 0.3) is 0 Å². The second-order valence-corrected chi connectivity index (χ2v) is 4.69. The molecule has 0 aromatic heterocycles. The summed E-state index contributed by atoms with van der Waals surface area (Å²) in [4.78, 5) is 10.3. The van der Waals surface area contributed by atoms with Gasteiger partial charge in [-0.15, -0.1) is 5.73 Å². The van der Waals surface area contributed by atoms with Crippen molar-refractivity contribution in [2.45, 2.75) is 51.9 Å². The number of hydrogen-bond acceptors (Lipinski definition) is 2. The largest absolute Gasteiger partial charge is 0.481 e. The summed E-state index contributed by atoms with van der Waals surface area (Å²) >= 11 is 0. The van der Waals surface area contributed by atoms with E-state index in [9.17, 15) is 4.79 Å². The second-order valence-electron chi connectivity index (χ2n) is 4.69. The molecule has 1 N–H and O–H groups in total. The van der Waals surface area contributed by atoms with Crippen LogP contribution in [0.4, 0.5) is 0 Å². The minimum absolute atomic E-state index is 0.152. The van der Waals surface area contributed by atoms with Crippen LogP contribution in [-0.2, 0) is 9.53 Å². The van der Waals surface area contributed by atoms with E-state index in [1.165, 1.54) is 19.3 Å². The van der Waals surface area contributed by atoms with Gasteiger partial charge in [-0.2, -0.15) is 0 Å². The average molecular weight is 292 g/mol. The number of carbonyl (C=O) groups is 1. The summed E-state index contributed by atoms with van der Waals surface area (Å²) in [6.45, 7) is 3.42. The van der Waals surface area contributed by atoms with Crippen LogP contribution in [0.1, 0.15) is 51.9 Å². The first kappa shape index (κ1) is 19.4. The van der Waals surface area contributed by atoms with E-state index < -0.39 is 5.97 Å². The molecule has 0 saturated carbocycles. The van der Waals surface area contributed by atoms with E-state index >= 15 is 0 Å². The van der Waals surface area contributed by atoms with Crippen molar-refractivity contribution in [3.05, 3.63) is 42.2 Å². The summed E-state index contributed by atoms with van der Waals surface area (Å²) in [7, 11) is 0. The fraction of sp³-hybridized carbons (Fsp3) is 0.556. The highest BCUT2D eigenvalue weighted by Gasteiger charge is 1.90. The topological polar surface area (TPSA) is 46.5 Å². The molecule has 21 heavy (non-hydrogen) atoms. The van der Waals surface area contributed by atoms with Gasteiger partial charge >= 0.3 is 5.97 Å². The van der Waals surface area contributed by atoms with Crippen LogP contribution < -0.4 is 0 Å². The molecule has 3 nitrogen and oxygen atoms in total. The molecule has 0 radical (unpaired) electrons. The quantitative estimate of drug-likeness (QED) is 0.305. The summed E-state index contributed by atoms with van der Waals surface area (Å²) in [5.41, 5.74) is 2.91. The first-order valence-electron chi connectivity index (χ1n) is 7.76. The third-order valence-electron chi connectivity index (χ3n) is 2.70. The smallest absolute Gasteiger partial charge is 0.303 e. The minimum Gasteiger partial charge on any atom is -0.481 e. The van der Waals surface area contributed by atoms with Crippen LogP contribution in [0.15, 0.2) is 42.2 Å². The van der Waals surface area contributed by atoms with E-state index in [-0.39, 0.29) is 6.42 Å². The third kappa shape index (κ3) is 18.4. The average Bonchev–Trinajstić information content (AvgIpc) is 2.46. The minimum atomic E-state index is -0.781. The van der Waals surface area contributed by atoms with E-state index in [1.54, 1.807) is 12.2 Å². The lowest BCUT2D eigenvalue weighted by atomic mass is 10.2. The van der Waals surface area contributed by atoms with Gasteiger partial charge < -0.3 is 9.84 Å². The molecule has 0 aliphatic carbocycles. The molecule has 0 atom stereocenters. The standard InChI is InChI=1S/C18H28O3/c1-2-3-4-5-6-7-8-10-13-16-21-17-14-11-9-12-15-18(19)20/h5-6,8-10,14H,2-4,7,12-13,15-17H2,1H3,(H,19,20)/b6-5-,10-8-. The summed E-state index contributed by atoms with van der Waals surface area (Å²) in [6.07, 6.45) is 18.5. The van der Waals surface area contributed by atoms with Crippen LogP contribution in [0.2, 0.25) is 0 Å². The van der Waals surface area contributed by atoms with Crippen molar-refractivity contribution in [2.24, 2.45) is 0 Å². The number of unbranched alkanes of at least 4 members (excludes halogenated alkanes) is 2. The monoisotopic (exact) mass is 292 g/mol. The summed E-state index contributed by atoms with van der Waals surface area (Å²) in [5.74, 6) is -0.781. The van der Waals surface area contributed by atoms with E-state index in [2.05, 4.69) is 37.0 Å². The maximum absolute atomic E-state index is 10.3. The Morgan fingerprint density at radius 1 is 1.10 bits per heavy atom. The van der Waals surface area contributed by atoms with Crippen LogP contribution >= 0.6 is 0 Å². The Bertz CT molecular complexity index is 361. The van der Waals surface area contributed by atoms with Crippen molar-refractivity contribution in [2.75, 3.05) is 13.2 Å². The highest BCUT2D eigenvalue weighted by molar-refractivity contribution is 5.66. The number of ether oxygens (including phenoxy) is 1. The fourth-order valence-electron chi connectivity index (χ4n) is 1.53. The Kier molecular flexibility index (Phi) is 15.3. The molecular formula is C18H28O3. The number of hydrogen-bond donors (Lipinski definition) is 1. The Labute approximate surface area is 128 Å². The van der Waals surface area contributed by atoms with Gasteiger partial charge in [-0.05, 0) is 37.8 Å². The zero-order valence-corrected chi connectivity index (χ0v) is 13.1. The first-order valence-corrected chi connectivity index (χ1v) is 7.76. The van der Waals surface area contributed by atoms with Crippen LogP contribution in [0.25, 0.3) is 0 Å². The molecule has 0 amide bonds. The Hall–Kier alpha value is -1.57. The predicted octanol–water partition coefficient (Wildman–Crippen LogP) is 4.66. The lowest BCUT2D eigenvalue weighted by molar-refractivity contribution is -0.136. The second kappa shape index (κ2) is 16.5. The molecule has 0 rings (SSSR count). The molecule has 0 bridgehead atoms. The van der Waals surface area contributed by atoms with Gasteiger partial charge in [0.2, 0.25) is 0 Å². The van der Waals surface area contributed by atoms with Crippen LogP contribution in [0, 0.1) is 0 Å². The number of carboxylic acids is 1. The SMILES string of the molecule is CCCC/C=C\C/C=C\CCOCC=C=CCCC(=O)O. The van der Waals surface area contributed by atoms with Crippen LogP contribution in [-0.4, -0.2) is 24.3 Å². The lowest BCUT2D eigenvalue weighted by Gasteiger charge is -1.95. The van der Waals surface area contributed by atoms with E-state index in [0.29, 0.717) is 19.6 Å². The van der Waals surface area contributed by atoms with Gasteiger partial charge in [0.15, 0.2) is 0 Å². The Balaban J connectivity index is 3.37. The third-order valence-corrected chi connectivity index (χ3v) is 2.70. The highest BCUT2D eigenvalue weighted by atomic mass is 16.5. The molecule has 118 valence electrons. The zero-order valence-electron chi connectivity index (χ0n) is 13.1. The molecule has 3 heteroatoms. The number of allylic oxidation sites excluding steroid dienone is 3. The van der Waals surface area contributed by atoms with Crippen molar-refractivity contribution in [1.29, 1.82) is 0 Å². The summed E-state index contributed by atoms with van der Waals surface area (Å²) in [5, 5.41) is 8.44. The van der Waals surface area contributed by atoms with Crippen molar-refractivity contribution in [1.82, 2.24) is 0 Å². The summed E-state index contributed by atoms with van der Waals surface area (Å²) in [6, 6.07) is 0. The molecule has 0 unspecified atom stereocenters. The van der Waals surface area contributed by atoms with Gasteiger partial charge in [-0.3, -0.25) is 4.79 Å². The van der Waals surface area contributed by atoms with Gasteiger partial charge in [-0.25, -0.2) is 0 Å². The fourth-order valence-corrected chi connectivity index (χ4v) is 1.53. The highest BCUT2D eigenvalue weighted by Crippen LogP contribution is 1.97. The molecule has 0 aliphatic rings. The normalized spacial score (nSPS) is 10.9. The number of aliphatic carboxylic acids is 1. The van der Waals surface area contributed by atoms with Crippen molar-refractivity contribution in [3.63, 3.8) is 0 Å². The van der Waals surface area contributed by atoms with Crippen molar-refractivity contribution >= 4 is 5.97 Å². The molecule has 0 heterocycles. The maximum atomic E-state index is 10.3. The van der Waals surface area contributed by atoms with Gasteiger partial charge in [0.05, 0.1) is 13.2 Å². The Morgan fingerprint density at radius 3 is 2.57 bits per heavy atom. The summed E-state index contributed by atoms with van der Waals surface area (Å²) < 4.78 is 5.40. The van der Waals surface area contributed by atoms with E-state index in [0.717, 1.165) is 12.8 Å². The van der Waals surface area contributed by atoms with Gasteiger partial charge in [-0.1, -0.05) is 44.1 Å². The van der Waals surface area contributed by atoms with Gasteiger partial charge in [0, 0.05) is 6.42 Å². The lowest BCUT2D eigenvalue weighted by Crippen LogP contribution is -1.92. The van der Waals surface area contributed by atoms with Gasteiger partial charge in [0.1, 0.15) is 0 Å². The first-order chi connectivity index (χ1) is 10.3. The molecule has 0 aromatic rings. The zero-order chi connectivity index (χ0) is 15.6. The number of rotatable bonds is 13. The molecule has 0 aromatic carbocycles. The Morgan fingerprint density at radius 2 is 1.86 bits per heavy atom. The number of carboxylic acid groups (broad SMARTS) is 1. The molecule has 0 aliphatic heterocycles. The van der Waals surface area contributed by atoms with E-state index in [1.807, 2.05) is 0 Å². The van der Waals surface area contributed by atoms with Crippen molar-refractivity contribution < 1.29 is 14.6 Å². The van der Waals surface area contributed by atoms with Crippen LogP contribution in [0.5, 0.6) is 0 Å². The predicted molar refractivity (Wildman–Crippen MR) is 87.4 cm³/mol. The maximum Gasteiger partial charge on any atom is 0.303 e. The molecule has 0 saturated heterocycles. The van der Waals surface area contributed by atoms with Crippen LogP contribution in [0.3, 0.4) is 0 Å². The molecular weight excluding hydrogens is 264 g/mol. The molecule has 0 spiro atoms.